The largest absolute Gasteiger partial charge is 0.508 e. The average molecular weight is 215 g/mol. The first-order valence-corrected chi connectivity index (χ1v) is 4.64. The molecule has 1 N–H and O–H groups in total. The molecule has 14 heavy (non-hydrogen) atoms. The van der Waals surface area contributed by atoms with E-state index in [9.17, 15) is 4.79 Å². The van der Waals surface area contributed by atoms with Crippen LogP contribution >= 0.6 is 11.6 Å². The van der Waals surface area contributed by atoms with Crippen molar-refractivity contribution in [3.8, 4) is 5.75 Å². The molecule has 0 atom stereocenters. The molecular formula is C10H11ClO3. The maximum atomic E-state index is 11.1. The van der Waals surface area contributed by atoms with Gasteiger partial charge in [-0.2, -0.15) is 0 Å². The number of benzene rings is 1. The third-order valence-corrected chi connectivity index (χ3v) is 2.03. The van der Waals surface area contributed by atoms with Gasteiger partial charge in [-0.3, -0.25) is 4.79 Å². The van der Waals surface area contributed by atoms with Crippen molar-refractivity contribution >= 4 is 17.6 Å². The molecule has 0 aromatic heterocycles. The number of phenols is 1. The lowest BCUT2D eigenvalue weighted by molar-refractivity contribution is -0.142. The predicted octanol–water partition coefficient (Wildman–Crippen LogP) is 2.15. The van der Waals surface area contributed by atoms with Crippen molar-refractivity contribution < 1.29 is 14.6 Å². The van der Waals surface area contributed by atoms with Crippen LogP contribution in [0.25, 0.3) is 0 Å². The Balaban J connectivity index is 2.72. The molecular weight excluding hydrogens is 204 g/mol. The zero-order chi connectivity index (χ0) is 10.6. The lowest BCUT2D eigenvalue weighted by Gasteiger charge is -2.04. The molecule has 0 radical (unpaired) electrons. The van der Waals surface area contributed by atoms with E-state index in [0.29, 0.717) is 17.2 Å². The van der Waals surface area contributed by atoms with Crippen molar-refractivity contribution in [3.05, 3.63) is 28.8 Å². The minimum atomic E-state index is -0.319. The van der Waals surface area contributed by atoms with Crippen molar-refractivity contribution in [3.63, 3.8) is 0 Å². The number of esters is 1. The van der Waals surface area contributed by atoms with Crippen LogP contribution in [0.15, 0.2) is 18.2 Å². The Hall–Kier alpha value is -1.22. The first-order valence-electron chi connectivity index (χ1n) is 4.26. The fourth-order valence-corrected chi connectivity index (χ4v) is 1.29. The summed E-state index contributed by atoms with van der Waals surface area (Å²) in [5.41, 5.74) is 0.655. The lowest BCUT2D eigenvalue weighted by atomic mass is 10.1. The summed E-state index contributed by atoms with van der Waals surface area (Å²) in [5.74, 6) is -0.234. The lowest BCUT2D eigenvalue weighted by Crippen LogP contribution is -2.07. The highest BCUT2D eigenvalue weighted by molar-refractivity contribution is 6.31. The topological polar surface area (TPSA) is 46.5 Å². The Morgan fingerprint density at radius 2 is 2.29 bits per heavy atom. The molecule has 0 fully saturated rings. The summed E-state index contributed by atoms with van der Waals surface area (Å²) in [6, 6.07) is 4.49. The van der Waals surface area contributed by atoms with E-state index < -0.39 is 0 Å². The van der Waals surface area contributed by atoms with Gasteiger partial charge < -0.3 is 9.84 Å². The van der Waals surface area contributed by atoms with Gasteiger partial charge in [0.1, 0.15) is 5.75 Å². The SMILES string of the molecule is CCOC(=O)Cc1ccc(O)cc1Cl. The molecule has 76 valence electrons. The van der Waals surface area contributed by atoms with E-state index in [1.54, 1.807) is 13.0 Å². The Bertz CT molecular complexity index is 336. The van der Waals surface area contributed by atoms with E-state index in [2.05, 4.69) is 0 Å². The normalized spacial score (nSPS) is 9.86. The van der Waals surface area contributed by atoms with Crippen molar-refractivity contribution in [1.29, 1.82) is 0 Å². The first-order chi connectivity index (χ1) is 6.63. The van der Waals surface area contributed by atoms with Gasteiger partial charge in [-0.25, -0.2) is 0 Å². The number of hydrogen-bond donors (Lipinski definition) is 1. The Labute approximate surface area is 87.3 Å². The highest BCUT2D eigenvalue weighted by atomic mass is 35.5. The van der Waals surface area contributed by atoms with Crippen LogP contribution in [0.3, 0.4) is 0 Å². The molecule has 0 heterocycles. The Morgan fingerprint density at radius 1 is 1.57 bits per heavy atom. The Kier molecular flexibility index (Phi) is 3.77. The number of phenolic OH excluding ortho intramolecular Hbond substituents is 1. The first kappa shape index (κ1) is 10.9. The van der Waals surface area contributed by atoms with Gasteiger partial charge >= 0.3 is 5.97 Å². The molecule has 1 rings (SSSR count). The van der Waals surface area contributed by atoms with Crippen LogP contribution in [0, 0.1) is 0 Å². The molecule has 0 amide bonds. The third-order valence-electron chi connectivity index (χ3n) is 1.68. The summed E-state index contributed by atoms with van der Waals surface area (Å²) in [6.07, 6.45) is 0.132. The molecule has 0 aliphatic rings. The summed E-state index contributed by atoms with van der Waals surface area (Å²) in [5, 5.41) is 9.45. The van der Waals surface area contributed by atoms with E-state index >= 15 is 0 Å². The standard InChI is InChI=1S/C10H11ClO3/c1-2-14-10(13)5-7-3-4-8(12)6-9(7)11/h3-4,6,12H,2,5H2,1H3. The minimum Gasteiger partial charge on any atom is -0.508 e. The van der Waals surface area contributed by atoms with Crippen LogP contribution in [-0.4, -0.2) is 17.7 Å². The number of aromatic hydroxyl groups is 1. The van der Waals surface area contributed by atoms with Crippen molar-refractivity contribution in [2.24, 2.45) is 0 Å². The van der Waals surface area contributed by atoms with E-state index in [4.69, 9.17) is 21.4 Å². The summed E-state index contributed by atoms with van der Waals surface area (Å²) in [4.78, 5) is 11.1. The summed E-state index contributed by atoms with van der Waals surface area (Å²) in [7, 11) is 0. The fourth-order valence-electron chi connectivity index (χ4n) is 1.05. The number of ether oxygens (including phenoxy) is 1. The molecule has 4 heteroatoms. The summed E-state index contributed by atoms with van der Waals surface area (Å²) < 4.78 is 4.77. The second kappa shape index (κ2) is 4.86. The zero-order valence-electron chi connectivity index (χ0n) is 7.79. The highest BCUT2D eigenvalue weighted by Gasteiger charge is 2.07. The van der Waals surface area contributed by atoms with Crippen molar-refractivity contribution in [1.82, 2.24) is 0 Å². The number of rotatable bonds is 3. The Morgan fingerprint density at radius 3 is 2.86 bits per heavy atom. The molecule has 0 saturated heterocycles. The van der Waals surface area contributed by atoms with Gasteiger partial charge in [0.15, 0.2) is 0 Å². The maximum absolute atomic E-state index is 11.1. The quantitative estimate of drug-likeness (QED) is 0.785. The molecule has 0 aliphatic heterocycles. The van der Waals surface area contributed by atoms with E-state index in [-0.39, 0.29) is 18.1 Å². The number of carbonyl (C=O) groups excluding carboxylic acids is 1. The van der Waals surface area contributed by atoms with Crippen LogP contribution < -0.4 is 0 Å². The average Bonchev–Trinajstić information content (AvgIpc) is 2.10. The molecule has 0 bridgehead atoms. The van der Waals surface area contributed by atoms with Gasteiger partial charge in [-0.05, 0) is 24.6 Å². The maximum Gasteiger partial charge on any atom is 0.310 e. The molecule has 0 saturated carbocycles. The number of halogens is 1. The van der Waals surface area contributed by atoms with Gasteiger partial charge in [0.2, 0.25) is 0 Å². The molecule has 0 aliphatic carbocycles. The smallest absolute Gasteiger partial charge is 0.310 e. The highest BCUT2D eigenvalue weighted by Crippen LogP contribution is 2.21. The van der Waals surface area contributed by atoms with Crippen LogP contribution in [0.2, 0.25) is 5.02 Å². The molecule has 1 aromatic rings. The second-order valence-corrected chi connectivity index (χ2v) is 3.16. The monoisotopic (exact) mass is 214 g/mol. The second-order valence-electron chi connectivity index (χ2n) is 2.76. The van der Waals surface area contributed by atoms with E-state index in [0.717, 1.165) is 0 Å². The molecule has 0 unspecified atom stereocenters. The van der Waals surface area contributed by atoms with Gasteiger partial charge in [-0.1, -0.05) is 17.7 Å². The third kappa shape index (κ3) is 2.92. The number of hydrogen-bond acceptors (Lipinski definition) is 3. The van der Waals surface area contributed by atoms with Gasteiger partial charge in [0.05, 0.1) is 13.0 Å². The van der Waals surface area contributed by atoms with Crippen LogP contribution in [0.5, 0.6) is 5.75 Å². The van der Waals surface area contributed by atoms with Gasteiger partial charge in [0.25, 0.3) is 0 Å². The number of carbonyl (C=O) groups is 1. The minimum absolute atomic E-state index is 0.0857. The van der Waals surface area contributed by atoms with E-state index in [1.807, 2.05) is 0 Å². The van der Waals surface area contributed by atoms with Gasteiger partial charge in [0, 0.05) is 5.02 Å². The van der Waals surface area contributed by atoms with Crippen LogP contribution in [-0.2, 0) is 16.0 Å². The van der Waals surface area contributed by atoms with Crippen molar-refractivity contribution in [2.45, 2.75) is 13.3 Å². The molecule has 3 nitrogen and oxygen atoms in total. The van der Waals surface area contributed by atoms with E-state index in [1.165, 1.54) is 12.1 Å². The fraction of sp³-hybridized carbons (Fsp3) is 0.300. The molecule has 1 aromatic carbocycles. The summed E-state index contributed by atoms with van der Waals surface area (Å²) in [6.45, 7) is 2.10. The van der Waals surface area contributed by atoms with Crippen LogP contribution in [0.4, 0.5) is 0 Å². The predicted molar refractivity (Wildman–Crippen MR) is 53.5 cm³/mol. The van der Waals surface area contributed by atoms with Gasteiger partial charge in [-0.15, -0.1) is 0 Å². The zero-order valence-corrected chi connectivity index (χ0v) is 8.54. The molecule has 0 spiro atoms. The van der Waals surface area contributed by atoms with Crippen molar-refractivity contribution in [2.75, 3.05) is 6.61 Å². The van der Waals surface area contributed by atoms with Crippen LogP contribution in [0.1, 0.15) is 12.5 Å². The summed E-state index contributed by atoms with van der Waals surface area (Å²) >= 11 is 5.81.